The lowest BCUT2D eigenvalue weighted by Crippen LogP contribution is -2.16. The van der Waals surface area contributed by atoms with E-state index in [9.17, 15) is 0 Å². The smallest absolute Gasteiger partial charge is 0.138 e. The zero-order valence-electron chi connectivity index (χ0n) is 23.5. The molecule has 0 fully saturated rings. The fraction of sp³-hybridized carbons (Fsp3) is 0.100. The van der Waals surface area contributed by atoms with Crippen molar-refractivity contribution in [1.29, 1.82) is 0 Å². The molecule has 1 aliphatic carbocycles. The van der Waals surface area contributed by atoms with Crippen molar-refractivity contribution in [3.63, 3.8) is 0 Å². The fourth-order valence-electron chi connectivity index (χ4n) is 7.03. The Balaban J connectivity index is 1.41. The van der Waals surface area contributed by atoms with Gasteiger partial charge in [-0.25, -0.2) is 0 Å². The number of furan rings is 1. The molecule has 1 heteroatoms. The zero-order chi connectivity index (χ0) is 27.7. The highest BCUT2D eigenvalue weighted by molar-refractivity contribution is 6.13. The summed E-state index contributed by atoms with van der Waals surface area (Å²) >= 11 is 0. The molecule has 1 aromatic heterocycles. The van der Waals surface area contributed by atoms with E-state index in [4.69, 9.17) is 4.42 Å². The molecule has 0 aliphatic heterocycles. The van der Waals surface area contributed by atoms with Gasteiger partial charge >= 0.3 is 0 Å². The van der Waals surface area contributed by atoms with Crippen LogP contribution in [0.4, 0.5) is 0 Å². The first-order chi connectivity index (χ1) is 20.0. The van der Waals surface area contributed by atoms with Crippen LogP contribution < -0.4 is 0 Å². The summed E-state index contributed by atoms with van der Waals surface area (Å²) < 4.78 is 6.36. The standard InChI is InChI=1S/C40H30O/c1-25-18-20-30(37-33-16-10-11-17-35(33)41-39(25)37)28-19-21-32-34(24-28)40(2,3)38-31(27-14-8-5-9-15-27)23-22-29(36(32)38)26-12-6-4-7-13-26/h4-24H,1-3H3. The van der Waals surface area contributed by atoms with Crippen molar-refractivity contribution in [2.24, 2.45) is 0 Å². The van der Waals surface area contributed by atoms with Crippen molar-refractivity contribution in [3.05, 3.63) is 144 Å². The lowest BCUT2D eigenvalue weighted by atomic mass is 9.77. The molecule has 0 bridgehead atoms. The van der Waals surface area contributed by atoms with Crippen molar-refractivity contribution in [1.82, 2.24) is 0 Å². The summed E-state index contributed by atoms with van der Waals surface area (Å²) in [6.45, 7) is 6.91. The van der Waals surface area contributed by atoms with E-state index < -0.39 is 0 Å². The number of benzene rings is 6. The number of rotatable bonds is 3. The Bertz CT molecular complexity index is 2110. The van der Waals surface area contributed by atoms with Crippen LogP contribution in [0.5, 0.6) is 0 Å². The van der Waals surface area contributed by atoms with E-state index in [1.54, 1.807) is 0 Å². The van der Waals surface area contributed by atoms with E-state index in [-0.39, 0.29) is 5.41 Å². The highest BCUT2D eigenvalue weighted by Crippen LogP contribution is 2.56. The molecule has 0 saturated heterocycles. The second-order valence-corrected chi connectivity index (χ2v) is 11.8. The first-order valence-electron chi connectivity index (χ1n) is 14.4. The molecular formula is C40H30O. The number of fused-ring (bicyclic) bond motifs is 6. The molecule has 0 N–H and O–H groups in total. The largest absolute Gasteiger partial charge is 0.456 e. The summed E-state index contributed by atoms with van der Waals surface area (Å²) in [5.74, 6) is 0. The normalized spacial score (nSPS) is 13.4. The Morgan fingerprint density at radius 1 is 0.537 bits per heavy atom. The van der Waals surface area contributed by atoms with Gasteiger partial charge in [-0.05, 0) is 80.3 Å². The second-order valence-electron chi connectivity index (χ2n) is 11.8. The summed E-state index contributed by atoms with van der Waals surface area (Å²) in [6, 6.07) is 46.2. The molecule has 0 saturated carbocycles. The van der Waals surface area contributed by atoms with E-state index in [0.717, 1.165) is 16.7 Å². The topological polar surface area (TPSA) is 13.1 Å². The first kappa shape index (κ1) is 24.0. The molecule has 0 spiro atoms. The lowest BCUT2D eigenvalue weighted by Gasteiger charge is -2.25. The molecule has 196 valence electrons. The summed E-state index contributed by atoms with van der Waals surface area (Å²) in [5, 5.41) is 2.37. The van der Waals surface area contributed by atoms with Gasteiger partial charge in [0.1, 0.15) is 11.2 Å². The maximum Gasteiger partial charge on any atom is 0.138 e. The second kappa shape index (κ2) is 8.81. The molecule has 41 heavy (non-hydrogen) atoms. The molecule has 1 aliphatic rings. The van der Waals surface area contributed by atoms with Gasteiger partial charge in [-0.3, -0.25) is 0 Å². The van der Waals surface area contributed by atoms with Crippen LogP contribution in [0.15, 0.2) is 132 Å². The molecular weight excluding hydrogens is 496 g/mol. The van der Waals surface area contributed by atoms with Gasteiger partial charge < -0.3 is 4.42 Å². The molecule has 0 amide bonds. The fourth-order valence-corrected chi connectivity index (χ4v) is 7.03. The maximum atomic E-state index is 6.36. The van der Waals surface area contributed by atoms with E-state index in [0.29, 0.717) is 0 Å². The van der Waals surface area contributed by atoms with Gasteiger partial charge in [0.2, 0.25) is 0 Å². The van der Waals surface area contributed by atoms with Crippen molar-refractivity contribution < 1.29 is 4.42 Å². The Labute approximate surface area is 240 Å². The third-order valence-electron chi connectivity index (χ3n) is 9.00. The van der Waals surface area contributed by atoms with Crippen LogP contribution in [-0.2, 0) is 5.41 Å². The summed E-state index contributed by atoms with van der Waals surface area (Å²) in [6.07, 6.45) is 0. The van der Waals surface area contributed by atoms with Gasteiger partial charge in [-0.2, -0.15) is 0 Å². The highest BCUT2D eigenvalue weighted by Gasteiger charge is 2.39. The minimum Gasteiger partial charge on any atom is -0.456 e. The Morgan fingerprint density at radius 3 is 1.90 bits per heavy atom. The third kappa shape index (κ3) is 3.49. The van der Waals surface area contributed by atoms with Crippen molar-refractivity contribution in [2.75, 3.05) is 0 Å². The molecule has 0 unspecified atom stereocenters. The zero-order valence-corrected chi connectivity index (χ0v) is 23.5. The number of aryl methyl sites for hydroxylation is 1. The molecule has 7 aromatic rings. The van der Waals surface area contributed by atoms with Crippen LogP contribution in [0, 0.1) is 6.92 Å². The predicted molar refractivity (Wildman–Crippen MR) is 172 cm³/mol. The van der Waals surface area contributed by atoms with Gasteiger partial charge in [0.05, 0.1) is 0 Å². The summed E-state index contributed by atoms with van der Waals surface area (Å²) in [4.78, 5) is 0. The summed E-state index contributed by atoms with van der Waals surface area (Å²) in [7, 11) is 0. The van der Waals surface area contributed by atoms with E-state index in [1.165, 1.54) is 66.4 Å². The Hall–Kier alpha value is -4.88. The Morgan fingerprint density at radius 2 is 1.15 bits per heavy atom. The monoisotopic (exact) mass is 526 g/mol. The molecule has 1 nitrogen and oxygen atoms in total. The highest BCUT2D eigenvalue weighted by atomic mass is 16.3. The predicted octanol–water partition coefficient (Wildman–Crippen LogP) is 11.2. The maximum absolute atomic E-state index is 6.36. The lowest BCUT2D eigenvalue weighted by molar-refractivity contribution is 0.662. The van der Waals surface area contributed by atoms with Gasteiger partial charge in [-0.1, -0.05) is 129 Å². The van der Waals surface area contributed by atoms with Crippen LogP contribution in [0.2, 0.25) is 0 Å². The molecule has 6 aromatic carbocycles. The van der Waals surface area contributed by atoms with E-state index in [2.05, 4.69) is 142 Å². The van der Waals surface area contributed by atoms with Gasteiger partial charge in [-0.15, -0.1) is 0 Å². The minimum atomic E-state index is -0.182. The minimum absolute atomic E-state index is 0.182. The summed E-state index contributed by atoms with van der Waals surface area (Å²) in [5.41, 5.74) is 15.9. The van der Waals surface area contributed by atoms with E-state index in [1.807, 2.05) is 6.07 Å². The van der Waals surface area contributed by atoms with Gasteiger partial charge in [0, 0.05) is 16.2 Å². The number of hydrogen-bond donors (Lipinski definition) is 0. The Kier molecular flexibility index (Phi) is 5.15. The van der Waals surface area contributed by atoms with Crippen molar-refractivity contribution >= 4 is 21.9 Å². The molecule has 1 heterocycles. The van der Waals surface area contributed by atoms with Crippen LogP contribution >= 0.6 is 0 Å². The molecule has 8 rings (SSSR count). The van der Waals surface area contributed by atoms with E-state index >= 15 is 0 Å². The average molecular weight is 527 g/mol. The van der Waals surface area contributed by atoms with Crippen molar-refractivity contribution in [3.8, 4) is 44.5 Å². The SMILES string of the molecule is Cc1ccc(-c2ccc3c(c2)C(C)(C)c2c(-c4ccccc4)ccc(-c4ccccc4)c2-3)c2c1oc1ccccc12. The average Bonchev–Trinajstić information content (AvgIpc) is 3.52. The number of hydrogen-bond acceptors (Lipinski definition) is 1. The van der Waals surface area contributed by atoms with Crippen molar-refractivity contribution in [2.45, 2.75) is 26.2 Å². The molecule has 0 atom stereocenters. The van der Waals surface area contributed by atoms with Crippen LogP contribution in [-0.4, -0.2) is 0 Å². The van der Waals surface area contributed by atoms with Crippen LogP contribution in [0.3, 0.4) is 0 Å². The van der Waals surface area contributed by atoms with Crippen LogP contribution in [0.25, 0.3) is 66.4 Å². The first-order valence-corrected chi connectivity index (χ1v) is 14.4. The number of para-hydroxylation sites is 1. The quantitative estimate of drug-likeness (QED) is 0.223. The third-order valence-corrected chi connectivity index (χ3v) is 9.00. The van der Waals surface area contributed by atoms with Crippen LogP contribution in [0.1, 0.15) is 30.5 Å². The van der Waals surface area contributed by atoms with Gasteiger partial charge in [0.25, 0.3) is 0 Å². The molecule has 0 radical (unpaired) electrons. The van der Waals surface area contributed by atoms with Gasteiger partial charge in [0.15, 0.2) is 0 Å².